The van der Waals surface area contributed by atoms with Gasteiger partial charge in [-0.3, -0.25) is 4.98 Å². The highest BCUT2D eigenvalue weighted by Crippen LogP contribution is 2.27. The van der Waals surface area contributed by atoms with Crippen molar-refractivity contribution < 1.29 is 22.7 Å². The van der Waals surface area contributed by atoms with Crippen molar-refractivity contribution in [1.82, 2.24) is 20.6 Å². The minimum Gasteiger partial charge on any atom is -0.491 e. The van der Waals surface area contributed by atoms with Crippen LogP contribution in [0.4, 0.5) is 23.7 Å². The molecule has 162 valence electrons. The molecule has 1 aliphatic heterocycles. The number of carbonyl (C=O) groups excluding carboxylic acids is 1. The molecule has 3 rings (SSSR count). The second-order valence-electron chi connectivity index (χ2n) is 7.22. The number of alkyl halides is 3. The lowest BCUT2D eigenvalue weighted by molar-refractivity contribution is -0.141. The van der Waals surface area contributed by atoms with E-state index >= 15 is 0 Å². The SMILES string of the molecule is Cc1ccc(OCC2CCCNC2)c(NC(=O)NCc2cnc(C(F)(F)F)cn2)c1. The fraction of sp³-hybridized carbons (Fsp3) is 0.450. The molecule has 30 heavy (non-hydrogen) atoms. The number of urea groups is 1. The summed E-state index contributed by atoms with van der Waals surface area (Å²) in [4.78, 5) is 19.3. The monoisotopic (exact) mass is 423 g/mol. The van der Waals surface area contributed by atoms with Crippen LogP contribution in [0.15, 0.2) is 30.6 Å². The summed E-state index contributed by atoms with van der Waals surface area (Å²) < 4.78 is 43.5. The molecule has 2 amide bonds. The normalized spacial score (nSPS) is 16.7. The lowest BCUT2D eigenvalue weighted by Gasteiger charge is -2.23. The summed E-state index contributed by atoms with van der Waals surface area (Å²) in [5.41, 5.74) is 0.606. The Morgan fingerprint density at radius 3 is 2.80 bits per heavy atom. The highest BCUT2D eigenvalue weighted by atomic mass is 19.4. The number of rotatable bonds is 6. The molecule has 1 fully saturated rings. The van der Waals surface area contributed by atoms with Crippen LogP contribution in [0, 0.1) is 12.8 Å². The lowest BCUT2D eigenvalue weighted by atomic mass is 10.0. The van der Waals surface area contributed by atoms with Crippen molar-refractivity contribution in [2.45, 2.75) is 32.5 Å². The Hall–Kier alpha value is -2.88. The van der Waals surface area contributed by atoms with Crippen molar-refractivity contribution in [3.8, 4) is 5.75 Å². The molecule has 2 heterocycles. The molecule has 1 saturated heterocycles. The maximum absolute atomic E-state index is 12.5. The zero-order valence-electron chi connectivity index (χ0n) is 16.6. The van der Waals surface area contributed by atoms with Gasteiger partial charge in [-0.1, -0.05) is 6.07 Å². The van der Waals surface area contributed by atoms with Gasteiger partial charge in [-0.25, -0.2) is 9.78 Å². The molecular weight excluding hydrogens is 399 g/mol. The lowest BCUT2D eigenvalue weighted by Crippen LogP contribution is -2.33. The minimum absolute atomic E-state index is 0.0628. The van der Waals surface area contributed by atoms with E-state index < -0.39 is 17.9 Å². The molecular formula is C20H24F3N5O2. The number of aryl methyl sites for hydroxylation is 1. The highest BCUT2D eigenvalue weighted by molar-refractivity contribution is 5.91. The van der Waals surface area contributed by atoms with E-state index in [0.29, 0.717) is 30.2 Å². The van der Waals surface area contributed by atoms with Crippen molar-refractivity contribution in [2.24, 2.45) is 5.92 Å². The number of benzene rings is 1. The van der Waals surface area contributed by atoms with Crippen molar-refractivity contribution in [3.63, 3.8) is 0 Å². The molecule has 2 aromatic rings. The number of ether oxygens (including phenoxy) is 1. The van der Waals surface area contributed by atoms with E-state index in [0.717, 1.165) is 37.7 Å². The number of aromatic nitrogens is 2. The summed E-state index contributed by atoms with van der Waals surface area (Å²) >= 11 is 0. The van der Waals surface area contributed by atoms with Crippen molar-refractivity contribution in [2.75, 3.05) is 25.0 Å². The summed E-state index contributed by atoms with van der Waals surface area (Å²) in [5, 5.41) is 8.62. The number of amides is 2. The van der Waals surface area contributed by atoms with Crippen LogP contribution in [-0.2, 0) is 12.7 Å². The first-order valence-electron chi connectivity index (χ1n) is 9.68. The van der Waals surface area contributed by atoms with Crippen LogP contribution in [0.5, 0.6) is 5.75 Å². The molecule has 1 atom stereocenters. The second kappa shape index (κ2) is 9.75. The summed E-state index contributed by atoms with van der Waals surface area (Å²) in [6.07, 6.45) is -0.714. The third-order valence-corrected chi connectivity index (χ3v) is 4.68. The van der Waals surface area contributed by atoms with Crippen molar-refractivity contribution in [3.05, 3.63) is 47.5 Å². The van der Waals surface area contributed by atoms with Crippen LogP contribution >= 0.6 is 0 Å². The van der Waals surface area contributed by atoms with Crippen molar-refractivity contribution >= 4 is 11.7 Å². The largest absolute Gasteiger partial charge is 0.491 e. The first kappa shape index (κ1) is 21.8. The van der Waals surface area contributed by atoms with E-state index in [1.54, 1.807) is 6.07 Å². The molecule has 3 N–H and O–H groups in total. The zero-order chi connectivity index (χ0) is 21.6. The molecule has 0 aliphatic carbocycles. The molecule has 1 aromatic carbocycles. The number of hydrogen-bond acceptors (Lipinski definition) is 5. The Kier molecular flexibility index (Phi) is 7.09. The Labute approximate surface area is 172 Å². The number of hydrogen-bond donors (Lipinski definition) is 3. The Balaban J connectivity index is 1.55. The summed E-state index contributed by atoms with van der Waals surface area (Å²) in [6, 6.07) is 4.98. The van der Waals surface area contributed by atoms with Gasteiger partial charge in [0.05, 0.1) is 36.9 Å². The number of nitrogens with zero attached hydrogens (tertiary/aromatic N) is 2. The number of halogens is 3. The van der Waals surface area contributed by atoms with Crippen LogP contribution in [0.3, 0.4) is 0 Å². The van der Waals surface area contributed by atoms with Gasteiger partial charge in [0.1, 0.15) is 5.75 Å². The van der Waals surface area contributed by atoms with Crippen molar-refractivity contribution in [1.29, 1.82) is 0 Å². The Morgan fingerprint density at radius 1 is 1.30 bits per heavy atom. The van der Waals surface area contributed by atoms with Gasteiger partial charge in [-0.05, 0) is 44.0 Å². The standard InChI is InChI=1S/C20H24F3N5O2/c1-13-4-5-17(30-12-14-3-2-6-24-8-14)16(7-13)28-19(29)27-10-15-9-26-18(11-25-15)20(21,22)23/h4-5,7,9,11,14,24H,2-3,6,8,10,12H2,1H3,(H2,27,28,29). The number of anilines is 1. The van der Waals surface area contributed by atoms with Gasteiger partial charge in [-0.2, -0.15) is 13.2 Å². The third kappa shape index (κ3) is 6.31. The van der Waals surface area contributed by atoms with Gasteiger partial charge in [0, 0.05) is 12.5 Å². The first-order valence-corrected chi connectivity index (χ1v) is 9.68. The fourth-order valence-electron chi connectivity index (χ4n) is 3.07. The highest BCUT2D eigenvalue weighted by Gasteiger charge is 2.32. The van der Waals surface area contributed by atoms with Crippen LogP contribution in [-0.4, -0.2) is 35.7 Å². The minimum atomic E-state index is -4.55. The molecule has 1 aromatic heterocycles. The number of piperidine rings is 1. The molecule has 0 saturated carbocycles. The summed E-state index contributed by atoms with van der Waals surface area (Å²) in [5.74, 6) is 0.982. The summed E-state index contributed by atoms with van der Waals surface area (Å²) in [6.45, 7) is 4.32. The van der Waals surface area contributed by atoms with E-state index in [4.69, 9.17) is 4.74 Å². The van der Waals surface area contributed by atoms with Gasteiger partial charge < -0.3 is 20.7 Å². The molecule has 7 nitrogen and oxygen atoms in total. The van der Waals surface area contributed by atoms with E-state index in [2.05, 4.69) is 25.9 Å². The van der Waals surface area contributed by atoms with Gasteiger partial charge in [0.2, 0.25) is 0 Å². The Morgan fingerprint density at radius 2 is 2.13 bits per heavy atom. The predicted molar refractivity (Wildman–Crippen MR) is 105 cm³/mol. The maximum Gasteiger partial charge on any atom is 0.434 e. The van der Waals surface area contributed by atoms with Crippen LogP contribution in [0.2, 0.25) is 0 Å². The van der Waals surface area contributed by atoms with E-state index in [9.17, 15) is 18.0 Å². The van der Waals surface area contributed by atoms with Gasteiger partial charge in [0.25, 0.3) is 0 Å². The third-order valence-electron chi connectivity index (χ3n) is 4.68. The molecule has 10 heteroatoms. The topological polar surface area (TPSA) is 88.2 Å². The van der Waals surface area contributed by atoms with Crippen LogP contribution in [0.25, 0.3) is 0 Å². The Bertz CT molecular complexity index is 853. The van der Waals surface area contributed by atoms with Gasteiger partial charge in [0.15, 0.2) is 5.69 Å². The van der Waals surface area contributed by atoms with Gasteiger partial charge in [-0.15, -0.1) is 0 Å². The van der Waals surface area contributed by atoms with E-state index in [1.807, 2.05) is 19.1 Å². The predicted octanol–water partition coefficient (Wildman–Crippen LogP) is 3.50. The molecule has 0 bridgehead atoms. The summed E-state index contributed by atoms with van der Waals surface area (Å²) in [7, 11) is 0. The smallest absolute Gasteiger partial charge is 0.434 e. The average molecular weight is 423 g/mol. The van der Waals surface area contributed by atoms with E-state index in [-0.39, 0.29) is 12.2 Å². The van der Waals surface area contributed by atoms with Crippen LogP contribution in [0.1, 0.15) is 29.8 Å². The average Bonchev–Trinajstić information content (AvgIpc) is 2.72. The van der Waals surface area contributed by atoms with Gasteiger partial charge >= 0.3 is 12.2 Å². The zero-order valence-corrected chi connectivity index (χ0v) is 16.6. The second-order valence-corrected chi connectivity index (χ2v) is 7.22. The quantitative estimate of drug-likeness (QED) is 0.662. The molecule has 1 aliphatic rings. The molecule has 0 spiro atoms. The fourth-order valence-corrected chi connectivity index (χ4v) is 3.07. The van der Waals surface area contributed by atoms with E-state index in [1.165, 1.54) is 0 Å². The van der Waals surface area contributed by atoms with Crippen LogP contribution < -0.4 is 20.7 Å². The number of carbonyl (C=O) groups is 1. The first-order chi connectivity index (χ1) is 14.3. The number of nitrogens with one attached hydrogen (secondary N) is 3. The molecule has 1 unspecified atom stereocenters. The molecule has 0 radical (unpaired) electrons. The maximum atomic E-state index is 12.5.